The third-order valence-electron chi connectivity index (χ3n) is 5.83. The van der Waals surface area contributed by atoms with Gasteiger partial charge in [-0.05, 0) is 73.6 Å². The van der Waals surface area contributed by atoms with Crippen molar-refractivity contribution in [3.63, 3.8) is 0 Å². The molecule has 0 fully saturated rings. The molecule has 1 aromatic heterocycles. The van der Waals surface area contributed by atoms with E-state index >= 15 is 0 Å². The van der Waals surface area contributed by atoms with E-state index in [1.165, 1.54) is 41.8 Å². The Morgan fingerprint density at radius 1 is 0.966 bits per heavy atom. The molecule has 0 saturated carbocycles. The minimum Gasteiger partial charge on any atom is -0.352 e. The molecule has 1 aliphatic rings. The number of aromatic nitrogens is 1. The Balaban J connectivity index is 1.70. The quantitative estimate of drug-likeness (QED) is 0.413. The minimum atomic E-state index is 0.0135. The molecule has 0 aliphatic heterocycles. The number of fused-ring (bicyclic) bond motifs is 1. The normalized spacial score (nSPS) is 13.6. The van der Waals surface area contributed by atoms with Gasteiger partial charge in [0.2, 0.25) is 0 Å². The highest BCUT2D eigenvalue weighted by Gasteiger charge is 2.19. The zero-order valence-corrected chi connectivity index (χ0v) is 17.3. The van der Waals surface area contributed by atoms with E-state index in [1.807, 2.05) is 12.1 Å². The van der Waals surface area contributed by atoms with Crippen LogP contribution in [0.15, 0.2) is 60.7 Å². The molecule has 0 unspecified atom stereocenters. The van der Waals surface area contributed by atoms with E-state index in [0.717, 1.165) is 43.5 Å². The summed E-state index contributed by atoms with van der Waals surface area (Å²) >= 11 is 0. The number of carbonyl (C=O) groups is 1. The van der Waals surface area contributed by atoms with Gasteiger partial charge in [-0.2, -0.15) is 0 Å². The molecule has 3 heteroatoms. The van der Waals surface area contributed by atoms with Crippen molar-refractivity contribution in [1.82, 2.24) is 9.88 Å². The molecule has 1 amide bonds. The van der Waals surface area contributed by atoms with Gasteiger partial charge in [0.15, 0.2) is 0 Å². The maximum Gasteiger partial charge on any atom is 0.251 e. The van der Waals surface area contributed by atoms with Crippen LogP contribution in [-0.2, 0) is 12.8 Å². The van der Waals surface area contributed by atoms with Gasteiger partial charge in [-0.25, -0.2) is 0 Å². The van der Waals surface area contributed by atoms with Gasteiger partial charge in [0.1, 0.15) is 0 Å². The predicted octanol–water partition coefficient (Wildman–Crippen LogP) is 5.94. The minimum absolute atomic E-state index is 0.0135. The molecule has 29 heavy (non-hydrogen) atoms. The molecule has 0 saturated heterocycles. The standard InChI is InChI=1S/C26H30N2O/c1-2-3-18-27-26(29)21-14-16-23(17-15-21)28-24-13-9-5-8-12-22(24)19-25(28)20-10-6-4-7-11-20/h4,6-7,10-11,14-17,19H,2-3,5,8-9,12-13,18H2,1H3,(H,27,29). The lowest BCUT2D eigenvalue weighted by Gasteiger charge is -2.15. The highest BCUT2D eigenvalue weighted by Crippen LogP contribution is 2.33. The summed E-state index contributed by atoms with van der Waals surface area (Å²) in [5, 5.41) is 3.00. The van der Waals surface area contributed by atoms with E-state index in [4.69, 9.17) is 0 Å². The second-order valence-electron chi connectivity index (χ2n) is 7.92. The first-order chi connectivity index (χ1) is 14.3. The fourth-order valence-corrected chi connectivity index (χ4v) is 4.23. The first-order valence-electron chi connectivity index (χ1n) is 11.0. The largest absolute Gasteiger partial charge is 0.352 e. The van der Waals surface area contributed by atoms with Gasteiger partial charge < -0.3 is 9.88 Å². The van der Waals surface area contributed by atoms with Crippen LogP contribution in [0.25, 0.3) is 16.9 Å². The maximum absolute atomic E-state index is 12.4. The number of aryl methyl sites for hydroxylation is 1. The highest BCUT2D eigenvalue weighted by molar-refractivity contribution is 5.94. The topological polar surface area (TPSA) is 34.0 Å². The van der Waals surface area contributed by atoms with Crippen LogP contribution in [0.4, 0.5) is 0 Å². The van der Waals surface area contributed by atoms with Crippen LogP contribution in [0.2, 0.25) is 0 Å². The van der Waals surface area contributed by atoms with Crippen LogP contribution in [0.5, 0.6) is 0 Å². The van der Waals surface area contributed by atoms with Gasteiger partial charge >= 0.3 is 0 Å². The zero-order valence-electron chi connectivity index (χ0n) is 17.3. The van der Waals surface area contributed by atoms with Crippen molar-refractivity contribution >= 4 is 5.91 Å². The SMILES string of the molecule is CCCCNC(=O)c1ccc(-n2c(-c3ccccc3)cc3c2CCCCC3)cc1. The third kappa shape index (κ3) is 4.29. The second kappa shape index (κ2) is 9.13. The molecule has 1 N–H and O–H groups in total. The molecular weight excluding hydrogens is 356 g/mol. The fraction of sp³-hybridized carbons (Fsp3) is 0.346. The Labute approximate surface area is 173 Å². The lowest BCUT2D eigenvalue weighted by Crippen LogP contribution is -2.24. The van der Waals surface area contributed by atoms with E-state index in [0.29, 0.717) is 0 Å². The number of nitrogens with one attached hydrogen (secondary N) is 1. The molecule has 1 aliphatic carbocycles. The lowest BCUT2D eigenvalue weighted by atomic mass is 10.1. The van der Waals surface area contributed by atoms with Gasteiger partial charge in [0, 0.05) is 23.5 Å². The number of rotatable bonds is 6. The highest BCUT2D eigenvalue weighted by atomic mass is 16.1. The molecule has 3 nitrogen and oxygen atoms in total. The maximum atomic E-state index is 12.4. The molecule has 0 radical (unpaired) electrons. The van der Waals surface area contributed by atoms with Gasteiger partial charge in [-0.1, -0.05) is 50.1 Å². The summed E-state index contributed by atoms with van der Waals surface area (Å²) in [6.45, 7) is 2.87. The Morgan fingerprint density at radius 2 is 1.72 bits per heavy atom. The van der Waals surface area contributed by atoms with Gasteiger partial charge in [-0.3, -0.25) is 4.79 Å². The van der Waals surface area contributed by atoms with Gasteiger partial charge in [0.05, 0.1) is 5.69 Å². The lowest BCUT2D eigenvalue weighted by molar-refractivity contribution is 0.0953. The molecule has 2 aromatic carbocycles. The molecule has 150 valence electrons. The van der Waals surface area contributed by atoms with Crippen LogP contribution in [0.3, 0.4) is 0 Å². The van der Waals surface area contributed by atoms with E-state index < -0.39 is 0 Å². The number of unbranched alkanes of at least 4 members (excludes halogenated alkanes) is 1. The summed E-state index contributed by atoms with van der Waals surface area (Å²) in [4.78, 5) is 12.4. The number of benzene rings is 2. The number of nitrogens with zero attached hydrogens (tertiary/aromatic N) is 1. The smallest absolute Gasteiger partial charge is 0.251 e. The molecule has 0 atom stereocenters. The summed E-state index contributed by atoms with van der Waals surface area (Å²) in [5.74, 6) is 0.0135. The van der Waals surface area contributed by atoms with Crippen LogP contribution < -0.4 is 5.32 Å². The molecule has 1 heterocycles. The summed E-state index contributed by atoms with van der Waals surface area (Å²) < 4.78 is 2.41. The fourth-order valence-electron chi connectivity index (χ4n) is 4.23. The number of amides is 1. The average molecular weight is 387 g/mol. The predicted molar refractivity (Wildman–Crippen MR) is 120 cm³/mol. The van der Waals surface area contributed by atoms with Crippen molar-refractivity contribution in [3.8, 4) is 16.9 Å². The number of hydrogen-bond donors (Lipinski definition) is 1. The van der Waals surface area contributed by atoms with Crippen molar-refractivity contribution in [1.29, 1.82) is 0 Å². The Morgan fingerprint density at radius 3 is 2.48 bits per heavy atom. The van der Waals surface area contributed by atoms with E-state index in [2.05, 4.69) is 65.3 Å². The first-order valence-corrected chi connectivity index (χ1v) is 11.0. The summed E-state index contributed by atoms with van der Waals surface area (Å²) in [5.41, 5.74) is 7.25. The summed E-state index contributed by atoms with van der Waals surface area (Å²) in [7, 11) is 0. The monoisotopic (exact) mass is 386 g/mol. The molecule has 0 bridgehead atoms. The average Bonchev–Trinajstić information content (AvgIpc) is 2.97. The van der Waals surface area contributed by atoms with Crippen LogP contribution in [-0.4, -0.2) is 17.0 Å². The number of carbonyl (C=O) groups excluding carboxylic acids is 1. The van der Waals surface area contributed by atoms with Crippen molar-refractivity contribution in [2.24, 2.45) is 0 Å². The zero-order chi connectivity index (χ0) is 20.1. The van der Waals surface area contributed by atoms with Crippen molar-refractivity contribution in [2.75, 3.05) is 6.54 Å². The number of hydrogen-bond acceptors (Lipinski definition) is 1. The summed E-state index contributed by atoms with van der Waals surface area (Å²) in [6, 6.07) is 21.1. The van der Waals surface area contributed by atoms with E-state index in [1.54, 1.807) is 0 Å². The van der Waals surface area contributed by atoms with Crippen LogP contribution in [0.1, 0.15) is 60.6 Å². The van der Waals surface area contributed by atoms with E-state index in [9.17, 15) is 4.79 Å². The Kier molecular flexibility index (Phi) is 6.14. The van der Waals surface area contributed by atoms with Crippen molar-refractivity contribution in [3.05, 3.63) is 77.5 Å². The second-order valence-corrected chi connectivity index (χ2v) is 7.92. The molecule has 0 spiro atoms. The summed E-state index contributed by atoms with van der Waals surface area (Å²) in [6.07, 6.45) is 8.17. The Hall–Kier alpha value is -2.81. The molecular formula is C26H30N2O. The van der Waals surface area contributed by atoms with Gasteiger partial charge in [0.25, 0.3) is 5.91 Å². The van der Waals surface area contributed by atoms with Crippen molar-refractivity contribution < 1.29 is 4.79 Å². The molecule has 3 aromatic rings. The Bertz CT molecular complexity index is 954. The first kappa shape index (κ1) is 19.5. The van der Waals surface area contributed by atoms with Crippen LogP contribution >= 0.6 is 0 Å². The molecule has 4 rings (SSSR count). The van der Waals surface area contributed by atoms with Gasteiger partial charge in [-0.15, -0.1) is 0 Å². The van der Waals surface area contributed by atoms with E-state index in [-0.39, 0.29) is 5.91 Å². The van der Waals surface area contributed by atoms with Crippen LogP contribution in [0, 0.1) is 0 Å². The third-order valence-corrected chi connectivity index (χ3v) is 5.83. The van der Waals surface area contributed by atoms with Crippen molar-refractivity contribution in [2.45, 2.75) is 51.9 Å².